The van der Waals surface area contributed by atoms with E-state index in [4.69, 9.17) is 9.39 Å². The van der Waals surface area contributed by atoms with Crippen molar-refractivity contribution >= 4 is 22.3 Å². The van der Waals surface area contributed by atoms with Gasteiger partial charge in [0.05, 0.1) is 12.1 Å². The molecule has 2 bridgehead atoms. The molecule has 0 aromatic rings. The predicted octanol–water partition coefficient (Wildman–Crippen LogP) is -0.0421. The van der Waals surface area contributed by atoms with Crippen LogP contribution >= 0.6 is 0 Å². The van der Waals surface area contributed by atoms with E-state index in [2.05, 4.69) is 15.1 Å². The van der Waals surface area contributed by atoms with E-state index in [0.717, 1.165) is 38.6 Å². The number of urea groups is 1. The zero-order valence-electron chi connectivity index (χ0n) is 15.5. The first-order chi connectivity index (χ1) is 13.3. The van der Waals surface area contributed by atoms with E-state index in [1.807, 2.05) is 0 Å². The number of piperidine rings is 2. The fourth-order valence-electron chi connectivity index (χ4n) is 4.94. The van der Waals surface area contributed by atoms with Crippen LogP contribution in [0.1, 0.15) is 44.9 Å². The second-order valence-electron chi connectivity index (χ2n) is 7.93. The maximum Gasteiger partial charge on any atom is 0.418 e. The molecular weight excluding hydrogens is 392 g/mol. The van der Waals surface area contributed by atoms with Crippen molar-refractivity contribution in [3.05, 3.63) is 0 Å². The topological polar surface area (TPSA) is 138 Å². The molecule has 5 unspecified atom stereocenters. The molecule has 12 heteroatoms. The van der Waals surface area contributed by atoms with Crippen molar-refractivity contribution in [3.8, 4) is 0 Å². The molecule has 11 nitrogen and oxygen atoms in total. The summed E-state index contributed by atoms with van der Waals surface area (Å²) in [4.78, 5) is 32.1. The van der Waals surface area contributed by atoms with Gasteiger partial charge in [0, 0.05) is 18.5 Å². The first-order valence-corrected chi connectivity index (χ1v) is 11.2. The Bertz CT molecular complexity index is 731. The third-order valence-electron chi connectivity index (χ3n) is 6.23. The molecule has 3 heterocycles. The Labute approximate surface area is 163 Å². The lowest BCUT2D eigenvalue weighted by Crippen LogP contribution is -2.53. The molecule has 3 N–H and O–H groups in total. The Balaban J connectivity index is 1.35. The summed E-state index contributed by atoms with van der Waals surface area (Å²) in [5.74, 6) is -0.0583. The van der Waals surface area contributed by atoms with Gasteiger partial charge in [-0.2, -0.15) is 13.5 Å². The number of hydrogen-bond donors (Lipinski definition) is 3. The van der Waals surface area contributed by atoms with Gasteiger partial charge in [0.2, 0.25) is 0 Å². The molecular formula is C16H26N4O7S. The van der Waals surface area contributed by atoms with Crippen molar-refractivity contribution in [1.82, 2.24) is 20.8 Å². The highest BCUT2D eigenvalue weighted by Gasteiger charge is 2.49. The average Bonchev–Trinajstić information content (AvgIpc) is 2.89. The van der Waals surface area contributed by atoms with E-state index in [9.17, 15) is 18.0 Å². The minimum Gasteiger partial charge on any atom is -0.314 e. The molecule has 0 aromatic heterocycles. The van der Waals surface area contributed by atoms with Gasteiger partial charge in [-0.3, -0.25) is 14.2 Å². The fourth-order valence-corrected chi connectivity index (χ4v) is 5.33. The largest absolute Gasteiger partial charge is 0.418 e. The van der Waals surface area contributed by atoms with E-state index >= 15 is 0 Å². The summed E-state index contributed by atoms with van der Waals surface area (Å²) < 4.78 is 35.1. The Morgan fingerprint density at radius 2 is 2.00 bits per heavy atom. The highest BCUT2D eigenvalue weighted by atomic mass is 32.3. The van der Waals surface area contributed by atoms with Crippen molar-refractivity contribution < 1.29 is 31.7 Å². The molecule has 4 rings (SSSR count). The highest BCUT2D eigenvalue weighted by molar-refractivity contribution is 7.80. The number of hydroxylamine groups is 3. The van der Waals surface area contributed by atoms with Crippen LogP contribution in [0.25, 0.3) is 0 Å². The molecule has 3 aliphatic heterocycles. The number of fused-ring (bicyclic) bond motifs is 3. The van der Waals surface area contributed by atoms with Crippen molar-refractivity contribution in [3.63, 3.8) is 0 Å². The first-order valence-electron chi connectivity index (χ1n) is 9.79. The summed E-state index contributed by atoms with van der Waals surface area (Å²) in [7, 11) is -4.81. The van der Waals surface area contributed by atoms with Crippen LogP contribution in [0.5, 0.6) is 0 Å². The van der Waals surface area contributed by atoms with Crippen LogP contribution in [-0.4, -0.2) is 72.2 Å². The van der Waals surface area contributed by atoms with Gasteiger partial charge < -0.3 is 10.2 Å². The molecule has 4 fully saturated rings. The molecule has 0 spiro atoms. The van der Waals surface area contributed by atoms with Gasteiger partial charge in [0.25, 0.3) is 5.91 Å². The summed E-state index contributed by atoms with van der Waals surface area (Å²) in [6, 6.07) is -1.62. The lowest BCUT2D eigenvalue weighted by atomic mass is 9.77. The van der Waals surface area contributed by atoms with Crippen molar-refractivity contribution in [2.24, 2.45) is 5.92 Å². The lowest BCUT2D eigenvalue weighted by molar-refractivity contribution is -0.151. The summed E-state index contributed by atoms with van der Waals surface area (Å²) >= 11 is 0. The van der Waals surface area contributed by atoms with Gasteiger partial charge in [-0.05, 0) is 51.5 Å². The molecule has 0 radical (unpaired) electrons. The van der Waals surface area contributed by atoms with Crippen LogP contribution in [0.2, 0.25) is 0 Å². The molecule has 0 aromatic carbocycles. The van der Waals surface area contributed by atoms with E-state index in [1.54, 1.807) is 0 Å². The molecule has 5 atom stereocenters. The predicted molar refractivity (Wildman–Crippen MR) is 94.8 cm³/mol. The second-order valence-corrected chi connectivity index (χ2v) is 8.93. The maximum atomic E-state index is 12.7. The summed E-state index contributed by atoms with van der Waals surface area (Å²) in [5, 5.41) is 4.15. The van der Waals surface area contributed by atoms with Crippen LogP contribution in [0.15, 0.2) is 0 Å². The van der Waals surface area contributed by atoms with Gasteiger partial charge in [-0.1, -0.05) is 0 Å². The highest BCUT2D eigenvalue weighted by Crippen LogP contribution is 2.33. The molecule has 3 saturated heterocycles. The van der Waals surface area contributed by atoms with E-state index in [-0.39, 0.29) is 12.6 Å². The monoisotopic (exact) mass is 418 g/mol. The lowest BCUT2D eigenvalue weighted by Gasteiger charge is -2.41. The number of carbonyl (C=O) groups excluding carboxylic acids is 2. The zero-order chi connectivity index (χ0) is 19.9. The number of hydrogen-bond acceptors (Lipinski definition) is 7. The van der Waals surface area contributed by atoms with Crippen LogP contribution in [0, 0.1) is 5.92 Å². The molecule has 3 amide bonds. The normalized spacial score (nSPS) is 35.6. The third kappa shape index (κ3) is 3.96. The van der Waals surface area contributed by atoms with Crippen LogP contribution in [0.3, 0.4) is 0 Å². The summed E-state index contributed by atoms with van der Waals surface area (Å²) in [5.41, 5.74) is 2.53. The zero-order valence-corrected chi connectivity index (χ0v) is 16.3. The molecule has 1 saturated carbocycles. The third-order valence-corrected chi connectivity index (χ3v) is 6.58. The SMILES string of the molecule is O=C(NOC1CCCC2NCCCC21)C1CCC2CN1C(=O)N2OS(=O)(=O)O. The quantitative estimate of drug-likeness (QED) is 0.418. The van der Waals surface area contributed by atoms with Crippen molar-refractivity contribution in [2.45, 2.75) is 69.2 Å². The van der Waals surface area contributed by atoms with E-state index in [0.29, 0.717) is 29.9 Å². The van der Waals surface area contributed by atoms with Gasteiger partial charge >= 0.3 is 16.4 Å². The van der Waals surface area contributed by atoms with Gasteiger partial charge in [-0.25, -0.2) is 10.3 Å². The first kappa shape index (κ1) is 19.8. The Hall–Kier alpha value is -1.47. The Kier molecular flexibility index (Phi) is 5.49. The average molecular weight is 418 g/mol. The number of carbonyl (C=O) groups is 2. The minimum atomic E-state index is -4.81. The standard InChI is InChI=1S/C16H26N4O7S/c21-15(18-26-14-5-1-4-12-11(14)3-2-8-17-12)13-7-6-10-9-19(13)16(22)20(10)27-28(23,24)25/h10-14,17H,1-9H2,(H,18,21)(H,23,24,25). The minimum absolute atomic E-state index is 0.0551. The number of rotatable bonds is 5. The second kappa shape index (κ2) is 7.75. The van der Waals surface area contributed by atoms with Gasteiger partial charge in [-0.15, -0.1) is 4.28 Å². The summed E-state index contributed by atoms with van der Waals surface area (Å²) in [6.07, 6.45) is 5.87. The van der Waals surface area contributed by atoms with E-state index in [1.165, 1.54) is 4.90 Å². The summed E-state index contributed by atoms with van der Waals surface area (Å²) in [6.45, 7) is 1.17. The number of nitrogens with zero attached hydrogens (tertiary/aromatic N) is 2. The molecule has 1 aliphatic carbocycles. The van der Waals surface area contributed by atoms with Crippen molar-refractivity contribution in [2.75, 3.05) is 13.1 Å². The maximum absolute atomic E-state index is 12.7. The number of nitrogens with one attached hydrogen (secondary N) is 2. The Morgan fingerprint density at radius 3 is 2.79 bits per heavy atom. The molecule has 4 aliphatic rings. The molecule has 158 valence electrons. The van der Waals surface area contributed by atoms with Crippen LogP contribution in [-0.2, 0) is 24.3 Å². The van der Waals surface area contributed by atoms with E-state index < -0.39 is 34.4 Å². The smallest absolute Gasteiger partial charge is 0.314 e. The number of amides is 3. The van der Waals surface area contributed by atoms with Crippen molar-refractivity contribution in [1.29, 1.82) is 0 Å². The fraction of sp³-hybridized carbons (Fsp3) is 0.875. The van der Waals surface area contributed by atoms with Crippen LogP contribution < -0.4 is 10.8 Å². The van der Waals surface area contributed by atoms with Gasteiger partial charge in [0.1, 0.15) is 6.04 Å². The van der Waals surface area contributed by atoms with Crippen LogP contribution in [0.4, 0.5) is 4.79 Å². The molecule has 28 heavy (non-hydrogen) atoms. The van der Waals surface area contributed by atoms with Gasteiger partial charge in [0.15, 0.2) is 0 Å². The Morgan fingerprint density at radius 1 is 1.18 bits per heavy atom.